The maximum Gasteiger partial charge on any atom is 0.372 e. The second-order valence-corrected chi connectivity index (χ2v) is 6.93. The van der Waals surface area contributed by atoms with Crippen molar-refractivity contribution in [3.63, 3.8) is 0 Å². The number of carboxylic acid groups (broad SMARTS) is 1. The number of likely N-dealkylation sites (N-methyl/N-ethyl adjacent to an activating group) is 1. The fourth-order valence-corrected chi connectivity index (χ4v) is 2.06. The fraction of sp³-hybridized carbons (Fsp3) is 0.857. The molecule has 0 heterocycles. The molecule has 1 N–H and O–H groups in total. The van der Waals surface area contributed by atoms with Gasteiger partial charge in [0.05, 0.1) is 85.7 Å². The highest BCUT2D eigenvalue weighted by molar-refractivity contribution is 6.32. The summed E-state index contributed by atoms with van der Waals surface area (Å²) >= 11 is 0. The number of aliphatic carboxylic acids is 1. The molecule has 0 aliphatic heterocycles. The van der Waals surface area contributed by atoms with Gasteiger partial charge in [0, 0.05) is 13.0 Å². The Morgan fingerprint density at radius 2 is 0.939 bits per heavy atom. The molecule has 0 bridgehead atoms. The average Bonchev–Trinajstić information content (AvgIpc) is 2.78. The number of esters is 1. The van der Waals surface area contributed by atoms with Gasteiger partial charge in [0.25, 0.3) is 0 Å². The second kappa shape index (κ2) is 23.5. The smallest absolute Gasteiger partial charge is 0.372 e. The van der Waals surface area contributed by atoms with Crippen molar-refractivity contribution in [1.29, 1.82) is 0 Å². The van der Waals surface area contributed by atoms with E-state index in [1.54, 1.807) is 0 Å². The van der Waals surface area contributed by atoms with Crippen LogP contribution in [0.15, 0.2) is 0 Å². The summed E-state index contributed by atoms with van der Waals surface area (Å²) in [4.78, 5) is 34.5. The first-order valence-electron chi connectivity index (χ1n) is 11.0. The number of rotatable bonds is 25. The van der Waals surface area contributed by atoms with Crippen LogP contribution in [-0.2, 0) is 47.5 Å². The van der Waals surface area contributed by atoms with Gasteiger partial charge in [0.2, 0.25) is 5.78 Å². The van der Waals surface area contributed by atoms with E-state index in [-0.39, 0.29) is 26.1 Å². The Bertz CT molecular complexity index is 503. The van der Waals surface area contributed by atoms with Crippen LogP contribution in [0.2, 0.25) is 0 Å². The lowest BCUT2D eigenvalue weighted by Gasteiger charge is -2.10. The van der Waals surface area contributed by atoms with Gasteiger partial charge in [-0.3, -0.25) is 9.59 Å². The average molecular weight is 482 g/mol. The maximum absolute atomic E-state index is 11.3. The lowest BCUT2D eigenvalue weighted by atomic mass is 10.2. The van der Waals surface area contributed by atoms with Crippen molar-refractivity contribution in [3.05, 3.63) is 0 Å². The third-order valence-electron chi connectivity index (χ3n) is 3.83. The largest absolute Gasteiger partial charge is 0.476 e. The van der Waals surface area contributed by atoms with Crippen molar-refractivity contribution in [2.45, 2.75) is 12.8 Å². The summed E-state index contributed by atoms with van der Waals surface area (Å²) in [5.41, 5.74) is 0. The highest BCUT2D eigenvalue weighted by Crippen LogP contribution is 1.95. The Balaban J connectivity index is 3.16. The third-order valence-corrected chi connectivity index (χ3v) is 3.83. The van der Waals surface area contributed by atoms with Gasteiger partial charge in [-0.2, -0.15) is 0 Å². The molecule has 33 heavy (non-hydrogen) atoms. The van der Waals surface area contributed by atoms with Crippen LogP contribution < -0.4 is 0 Å². The first-order chi connectivity index (χ1) is 15.9. The molecule has 0 radical (unpaired) electrons. The van der Waals surface area contributed by atoms with E-state index in [0.29, 0.717) is 72.7 Å². The number of ether oxygens (including phenoxy) is 7. The van der Waals surface area contributed by atoms with Crippen LogP contribution in [0.5, 0.6) is 0 Å². The van der Waals surface area contributed by atoms with E-state index in [1.807, 2.05) is 14.1 Å². The normalized spacial score (nSPS) is 11.1. The van der Waals surface area contributed by atoms with E-state index >= 15 is 0 Å². The molecule has 0 atom stereocenters. The lowest BCUT2D eigenvalue weighted by molar-refractivity contribution is -0.151. The molecule has 0 aliphatic carbocycles. The summed E-state index contributed by atoms with van der Waals surface area (Å²) in [5.74, 6) is -3.21. The number of carboxylic acids is 1. The van der Waals surface area contributed by atoms with Crippen LogP contribution in [0.1, 0.15) is 12.8 Å². The second-order valence-electron chi connectivity index (χ2n) is 6.93. The van der Waals surface area contributed by atoms with Crippen molar-refractivity contribution in [2.75, 3.05) is 107 Å². The Morgan fingerprint density at radius 3 is 1.30 bits per heavy atom. The number of ketones is 1. The summed E-state index contributed by atoms with van der Waals surface area (Å²) in [7, 11) is 4.00. The first kappa shape index (κ1) is 31.3. The van der Waals surface area contributed by atoms with Crippen molar-refractivity contribution in [2.24, 2.45) is 0 Å². The predicted molar refractivity (Wildman–Crippen MR) is 116 cm³/mol. The van der Waals surface area contributed by atoms with E-state index in [2.05, 4.69) is 4.90 Å². The molecule has 0 unspecified atom stereocenters. The molecule has 0 saturated carbocycles. The molecule has 0 fully saturated rings. The summed E-state index contributed by atoms with van der Waals surface area (Å²) in [6.07, 6.45) is -0.640. The van der Waals surface area contributed by atoms with E-state index < -0.39 is 17.7 Å². The van der Waals surface area contributed by atoms with Crippen molar-refractivity contribution in [3.8, 4) is 0 Å². The summed E-state index contributed by atoms with van der Waals surface area (Å²) in [6, 6.07) is 0. The number of hydrogen-bond acceptors (Lipinski definition) is 11. The quantitative estimate of drug-likeness (QED) is 0.103. The maximum atomic E-state index is 11.3. The minimum atomic E-state index is -1.56. The van der Waals surface area contributed by atoms with E-state index in [1.165, 1.54) is 0 Å². The molecular formula is C21H39NO11. The monoisotopic (exact) mass is 481 g/mol. The zero-order chi connectivity index (χ0) is 24.6. The van der Waals surface area contributed by atoms with Crippen molar-refractivity contribution >= 4 is 17.7 Å². The molecule has 0 aliphatic rings. The molecule has 0 spiro atoms. The minimum Gasteiger partial charge on any atom is -0.476 e. The fourth-order valence-electron chi connectivity index (χ4n) is 2.06. The first-order valence-corrected chi connectivity index (χ1v) is 11.0. The predicted octanol–water partition coefficient (Wildman–Crippen LogP) is -0.375. The van der Waals surface area contributed by atoms with Crippen LogP contribution in [0.4, 0.5) is 0 Å². The molecule has 194 valence electrons. The van der Waals surface area contributed by atoms with Gasteiger partial charge in [-0.05, 0) is 14.1 Å². The standard InChI is InChI=1S/C21H39NO11/c1-22(2)5-6-27-7-8-28-9-10-29-11-12-30-13-14-31-15-16-32-17-18-33-20(24)4-3-19(23)21(25)26/h3-18H2,1-2H3,(H,25,26). The number of hydrogen-bond donors (Lipinski definition) is 1. The van der Waals surface area contributed by atoms with Crippen LogP contribution in [-0.4, -0.2) is 134 Å². The topological polar surface area (TPSA) is 139 Å². The van der Waals surface area contributed by atoms with Crippen LogP contribution >= 0.6 is 0 Å². The highest BCUT2D eigenvalue weighted by Gasteiger charge is 2.14. The van der Waals surface area contributed by atoms with Gasteiger partial charge >= 0.3 is 11.9 Å². The minimum absolute atomic E-state index is 0.0266. The van der Waals surface area contributed by atoms with Crippen LogP contribution in [0.25, 0.3) is 0 Å². The molecule has 0 aromatic carbocycles. The number of carbonyl (C=O) groups is 3. The molecule has 0 rings (SSSR count). The molecular weight excluding hydrogens is 442 g/mol. The zero-order valence-corrected chi connectivity index (χ0v) is 19.8. The number of carbonyl (C=O) groups excluding carboxylic acids is 2. The van der Waals surface area contributed by atoms with Gasteiger partial charge in [0.15, 0.2) is 0 Å². The van der Waals surface area contributed by atoms with Gasteiger partial charge in [-0.15, -0.1) is 0 Å². The zero-order valence-electron chi connectivity index (χ0n) is 19.8. The van der Waals surface area contributed by atoms with E-state index in [9.17, 15) is 14.4 Å². The molecule has 0 saturated heterocycles. The Hall–Kier alpha value is -1.67. The summed E-state index contributed by atoms with van der Waals surface area (Å²) in [6.45, 7) is 6.47. The Kier molecular flexibility index (Phi) is 22.3. The molecule has 12 nitrogen and oxygen atoms in total. The SMILES string of the molecule is CN(C)CCOCCOCCOCCOCCOCCOCCOC(=O)CCC(=O)C(=O)O. The summed E-state index contributed by atoms with van der Waals surface area (Å²) < 4.78 is 37.0. The van der Waals surface area contributed by atoms with E-state index in [4.69, 9.17) is 38.3 Å². The molecule has 12 heteroatoms. The van der Waals surface area contributed by atoms with Crippen LogP contribution in [0.3, 0.4) is 0 Å². The lowest BCUT2D eigenvalue weighted by Crippen LogP contribution is -2.19. The highest BCUT2D eigenvalue weighted by atomic mass is 16.6. The molecule has 0 aromatic heterocycles. The van der Waals surface area contributed by atoms with Gasteiger partial charge < -0.3 is 43.2 Å². The van der Waals surface area contributed by atoms with Crippen molar-refractivity contribution in [1.82, 2.24) is 4.90 Å². The number of Topliss-reactive ketones (excluding diaryl/α,β-unsaturated/α-hetero) is 1. The Labute approximate surface area is 195 Å². The third kappa shape index (κ3) is 24.8. The molecule has 0 amide bonds. The van der Waals surface area contributed by atoms with Gasteiger partial charge in [-0.25, -0.2) is 4.79 Å². The van der Waals surface area contributed by atoms with Crippen LogP contribution in [0, 0.1) is 0 Å². The summed E-state index contributed by atoms with van der Waals surface area (Å²) in [5, 5.41) is 8.40. The van der Waals surface area contributed by atoms with E-state index in [0.717, 1.165) is 6.54 Å². The number of nitrogens with zero attached hydrogens (tertiary/aromatic N) is 1. The van der Waals surface area contributed by atoms with Gasteiger partial charge in [-0.1, -0.05) is 0 Å². The van der Waals surface area contributed by atoms with Gasteiger partial charge in [0.1, 0.15) is 6.61 Å². The molecule has 0 aromatic rings. The van der Waals surface area contributed by atoms with Crippen molar-refractivity contribution < 1.29 is 52.6 Å². The Morgan fingerprint density at radius 1 is 0.576 bits per heavy atom.